The minimum absolute atomic E-state index is 0.00528. The number of pyridine rings is 1. The fraction of sp³-hybridized carbons (Fsp3) is 0.600. The minimum atomic E-state index is -0.00528. The molecule has 1 fully saturated rings. The lowest BCUT2D eigenvalue weighted by atomic mass is 9.86. The van der Waals surface area contributed by atoms with Crippen molar-refractivity contribution in [1.29, 1.82) is 0 Å². The molecule has 0 bridgehead atoms. The van der Waals surface area contributed by atoms with Crippen molar-refractivity contribution >= 4 is 11.7 Å². The quantitative estimate of drug-likeness (QED) is 0.876. The molecule has 0 aromatic carbocycles. The Morgan fingerprint density at radius 3 is 2.79 bits per heavy atom. The first-order chi connectivity index (χ1) is 9.20. The summed E-state index contributed by atoms with van der Waals surface area (Å²) >= 11 is 0. The van der Waals surface area contributed by atoms with E-state index in [1.54, 1.807) is 6.20 Å². The molecule has 1 aliphatic carbocycles. The number of nitrogens with zero attached hydrogens (tertiary/aromatic N) is 1. The Bertz CT molecular complexity index is 416. The van der Waals surface area contributed by atoms with Gasteiger partial charge in [0.2, 0.25) is 0 Å². The molecule has 1 aliphatic rings. The number of nitrogens with one attached hydrogen (secondary N) is 2. The summed E-state index contributed by atoms with van der Waals surface area (Å²) in [5, 5.41) is 6.26. The summed E-state index contributed by atoms with van der Waals surface area (Å²) in [5.74, 6) is 1.38. The lowest BCUT2D eigenvalue weighted by Crippen LogP contribution is -2.41. The Labute approximate surface area is 115 Å². The molecule has 1 amide bonds. The molecule has 2 rings (SSSR count). The number of aromatic nitrogens is 1. The third-order valence-electron chi connectivity index (χ3n) is 3.81. The van der Waals surface area contributed by atoms with Crippen molar-refractivity contribution < 1.29 is 4.79 Å². The van der Waals surface area contributed by atoms with Crippen molar-refractivity contribution in [1.82, 2.24) is 10.3 Å². The van der Waals surface area contributed by atoms with Gasteiger partial charge < -0.3 is 10.6 Å². The van der Waals surface area contributed by atoms with Crippen LogP contribution >= 0.6 is 0 Å². The van der Waals surface area contributed by atoms with E-state index in [4.69, 9.17) is 0 Å². The first-order valence-corrected chi connectivity index (χ1v) is 7.21. The monoisotopic (exact) mass is 261 g/mol. The van der Waals surface area contributed by atoms with E-state index in [1.165, 1.54) is 19.3 Å². The molecule has 1 aromatic heterocycles. The molecule has 0 spiro atoms. The van der Waals surface area contributed by atoms with Gasteiger partial charge in [0.15, 0.2) is 0 Å². The van der Waals surface area contributed by atoms with Crippen molar-refractivity contribution in [2.45, 2.75) is 45.6 Å². The van der Waals surface area contributed by atoms with Crippen LogP contribution in [-0.2, 0) is 0 Å². The van der Waals surface area contributed by atoms with E-state index >= 15 is 0 Å². The summed E-state index contributed by atoms with van der Waals surface area (Å²) in [7, 11) is 0. The van der Waals surface area contributed by atoms with Gasteiger partial charge in [0, 0.05) is 18.8 Å². The zero-order valence-corrected chi connectivity index (χ0v) is 11.8. The SMILES string of the molecule is CCNc1ccc(C(=O)NC2CCCCC2C)cn1. The first kappa shape index (κ1) is 13.8. The lowest BCUT2D eigenvalue weighted by molar-refractivity contribution is 0.0910. The smallest absolute Gasteiger partial charge is 0.253 e. The molecule has 2 unspecified atom stereocenters. The maximum absolute atomic E-state index is 12.2. The highest BCUT2D eigenvalue weighted by Gasteiger charge is 2.23. The molecule has 2 atom stereocenters. The van der Waals surface area contributed by atoms with Crippen LogP contribution in [0.1, 0.15) is 49.9 Å². The maximum atomic E-state index is 12.2. The first-order valence-electron chi connectivity index (χ1n) is 7.21. The molecule has 2 N–H and O–H groups in total. The van der Waals surface area contributed by atoms with Crippen LogP contribution < -0.4 is 10.6 Å². The maximum Gasteiger partial charge on any atom is 0.253 e. The van der Waals surface area contributed by atoms with Gasteiger partial charge in [0.25, 0.3) is 5.91 Å². The number of hydrogen-bond donors (Lipinski definition) is 2. The zero-order chi connectivity index (χ0) is 13.7. The van der Waals surface area contributed by atoms with E-state index in [2.05, 4.69) is 22.5 Å². The van der Waals surface area contributed by atoms with Crippen LogP contribution in [0.25, 0.3) is 0 Å². The zero-order valence-electron chi connectivity index (χ0n) is 11.8. The van der Waals surface area contributed by atoms with Crippen LogP contribution in [0.15, 0.2) is 18.3 Å². The van der Waals surface area contributed by atoms with Crippen LogP contribution in [0.3, 0.4) is 0 Å². The highest BCUT2D eigenvalue weighted by molar-refractivity contribution is 5.94. The van der Waals surface area contributed by atoms with Crippen LogP contribution in [0, 0.1) is 5.92 Å². The van der Waals surface area contributed by atoms with Crippen molar-refractivity contribution in [3.05, 3.63) is 23.9 Å². The molecular formula is C15H23N3O. The van der Waals surface area contributed by atoms with Crippen molar-refractivity contribution in [3.8, 4) is 0 Å². The Kier molecular flexibility index (Phi) is 4.77. The molecule has 4 nitrogen and oxygen atoms in total. The fourth-order valence-electron chi connectivity index (χ4n) is 2.60. The number of anilines is 1. The summed E-state index contributed by atoms with van der Waals surface area (Å²) < 4.78 is 0. The third kappa shape index (κ3) is 3.69. The van der Waals surface area contributed by atoms with Gasteiger partial charge in [-0.3, -0.25) is 4.79 Å². The number of rotatable bonds is 4. The standard InChI is InChI=1S/C15H23N3O/c1-3-16-14-9-8-12(10-17-14)15(19)18-13-7-5-4-6-11(13)2/h8-11,13H,3-7H2,1-2H3,(H,16,17)(H,18,19). The molecule has 104 valence electrons. The molecule has 1 heterocycles. The predicted molar refractivity (Wildman–Crippen MR) is 77.3 cm³/mol. The van der Waals surface area contributed by atoms with Crippen LogP contribution in [0.5, 0.6) is 0 Å². The van der Waals surface area contributed by atoms with E-state index in [0.29, 0.717) is 17.5 Å². The number of carbonyl (C=O) groups is 1. The Hall–Kier alpha value is -1.58. The van der Waals surface area contributed by atoms with E-state index in [1.807, 2.05) is 19.1 Å². The molecule has 0 radical (unpaired) electrons. The summed E-state index contributed by atoms with van der Waals surface area (Å²) in [6, 6.07) is 3.99. The molecular weight excluding hydrogens is 238 g/mol. The van der Waals surface area contributed by atoms with Gasteiger partial charge in [-0.05, 0) is 37.8 Å². The average Bonchev–Trinajstić information content (AvgIpc) is 2.42. The molecule has 0 saturated heterocycles. The molecule has 4 heteroatoms. The topological polar surface area (TPSA) is 54.0 Å². The number of amides is 1. The molecule has 19 heavy (non-hydrogen) atoms. The lowest BCUT2D eigenvalue weighted by Gasteiger charge is -2.29. The van der Waals surface area contributed by atoms with Crippen molar-refractivity contribution in [2.75, 3.05) is 11.9 Å². The molecule has 1 aromatic rings. The summed E-state index contributed by atoms with van der Waals surface area (Å²) in [4.78, 5) is 16.4. The fourth-order valence-corrected chi connectivity index (χ4v) is 2.60. The van der Waals surface area contributed by atoms with Crippen molar-refractivity contribution in [2.24, 2.45) is 5.92 Å². The van der Waals surface area contributed by atoms with Gasteiger partial charge in [-0.2, -0.15) is 0 Å². The second-order valence-corrected chi connectivity index (χ2v) is 5.30. The summed E-state index contributed by atoms with van der Waals surface area (Å²) in [6.07, 6.45) is 6.44. The van der Waals surface area contributed by atoms with Crippen LogP contribution in [0.2, 0.25) is 0 Å². The molecule has 1 saturated carbocycles. The normalized spacial score (nSPS) is 22.8. The minimum Gasteiger partial charge on any atom is -0.370 e. The number of hydrogen-bond acceptors (Lipinski definition) is 3. The average molecular weight is 261 g/mol. The number of carbonyl (C=O) groups excluding carboxylic acids is 1. The van der Waals surface area contributed by atoms with E-state index < -0.39 is 0 Å². The summed E-state index contributed by atoms with van der Waals surface area (Å²) in [6.45, 7) is 5.07. The van der Waals surface area contributed by atoms with Gasteiger partial charge in [0.05, 0.1) is 5.56 Å². The Balaban J connectivity index is 1.95. The van der Waals surface area contributed by atoms with Gasteiger partial charge in [-0.1, -0.05) is 19.8 Å². The van der Waals surface area contributed by atoms with Gasteiger partial charge in [-0.15, -0.1) is 0 Å². The molecule has 0 aliphatic heterocycles. The second kappa shape index (κ2) is 6.55. The second-order valence-electron chi connectivity index (χ2n) is 5.30. The van der Waals surface area contributed by atoms with Gasteiger partial charge >= 0.3 is 0 Å². The van der Waals surface area contributed by atoms with E-state index in [-0.39, 0.29) is 5.91 Å². The summed E-state index contributed by atoms with van der Waals surface area (Å²) in [5.41, 5.74) is 0.638. The Morgan fingerprint density at radius 2 is 2.16 bits per heavy atom. The van der Waals surface area contributed by atoms with Crippen LogP contribution in [-0.4, -0.2) is 23.5 Å². The predicted octanol–water partition coefficient (Wildman–Crippen LogP) is 2.82. The van der Waals surface area contributed by atoms with Crippen LogP contribution in [0.4, 0.5) is 5.82 Å². The Morgan fingerprint density at radius 1 is 1.37 bits per heavy atom. The van der Waals surface area contributed by atoms with Crippen molar-refractivity contribution in [3.63, 3.8) is 0 Å². The largest absolute Gasteiger partial charge is 0.370 e. The van der Waals surface area contributed by atoms with Gasteiger partial charge in [-0.25, -0.2) is 4.98 Å². The third-order valence-corrected chi connectivity index (χ3v) is 3.81. The van der Waals surface area contributed by atoms with E-state index in [0.717, 1.165) is 18.8 Å². The van der Waals surface area contributed by atoms with E-state index in [9.17, 15) is 4.79 Å². The highest BCUT2D eigenvalue weighted by Crippen LogP contribution is 2.23. The highest BCUT2D eigenvalue weighted by atomic mass is 16.1. The van der Waals surface area contributed by atoms with Gasteiger partial charge in [0.1, 0.15) is 5.82 Å².